The van der Waals surface area contributed by atoms with Gasteiger partial charge in [-0.05, 0) is 41.8 Å². The van der Waals surface area contributed by atoms with Crippen molar-refractivity contribution in [3.63, 3.8) is 0 Å². The summed E-state index contributed by atoms with van der Waals surface area (Å²) in [5, 5.41) is 6.72. The second-order valence-electron chi connectivity index (χ2n) is 7.14. The molecule has 0 aromatic heterocycles. The van der Waals surface area contributed by atoms with Crippen molar-refractivity contribution in [2.45, 2.75) is 25.6 Å². The van der Waals surface area contributed by atoms with Gasteiger partial charge in [-0.25, -0.2) is 4.39 Å². The highest BCUT2D eigenvalue weighted by Gasteiger charge is 2.23. The third kappa shape index (κ3) is 7.02. The number of nitrogens with one attached hydrogen (secondary N) is 2. The molecule has 1 aliphatic heterocycles. The Balaban J connectivity index is 0.00000320. The van der Waals surface area contributed by atoms with Crippen LogP contribution in [0.2, 0.25) is 0 Å². The zero-order valence-corrected chi connectivity index (χ0v) is 20.0. The van der Waals surface area contributed by atoms with Crippen molar-refractivity contribution in [1.29, 1.82) is 0 Å². The molecule has 2 aromatic carbocycles. The second kappa shape index (κ2) is 11.9. The van der Waals surface area contributed by atoms with Crippen LogP contribution in [-0.2, 0) is 13.1 Å². The Morgan fingerprint density at radius 3 is 2.50 bits per heavy atom. The topological polar surface area (TPSA) is 58.1 Å². The van der Waals surface area contributed by atoms with Gasteiger partial charge >= 0.3 is 0 Å². The first-order valence-electron chi connectivity index (χ1n) is 9.75. The Morgan fingerprint density at radius 1 is 1.13 bits per heavy atom. The van der Waals surface area contributed by atoms with Crippen LogP contribution >= 0.6 is 24.0 Å². The van der Waals surface area contributed by atoms with Crippen molar-refractivity contribution in [3.05, 3.63) is 59.4 Å². The first-order chi connectivity index (χ1) is 14.1. The Morgan fingerprint density at radius 2 is 1.87 bits per heavy atom. The predicted molar refractivity (Wildman–Crippen MR) is 128 cm³/mol. The summed E-state index contributed by atoms with van der Waals surface area (Å²) in [4.78, 5) is 6.69. The van der Waals surface area contributed by atoms with Crippen LogP contribution in [0.25, 0.3) is 0 Å². The molecule has 0 radical (unpaired) electrons. The van der Waals surface area contributed by atoms with E-state index in [0.717, 1.165) is 54.6 Å². The van der Waals surface area contributed by atoms with Crippen molar-refractivity contribution in [3.8, 4) is 11.5 Å². The number of rotatable bonds is 7. The zero-order valence-electron chi connectivity index (χ0n) is 17.7. The summed E-state index contributed by atoms with van der Waals surface area (Å²) >= 11 is 0. The fraction of sp³-hybridized carbons (Fsp3) is 0.409. The lowest BCUT2D eigenvalue weighted by molar-refractivity contribution is 0.321. The maximum atomic E-state index is 13.3. The van der Waals surface area contributed by atoms with Gasteiger partial charge in [0.15, 0.2) is 5.96 Å². The van der Waals surface area contributed by atoms with E-state index < -0.39 is 0 Å². The van der Waals surface area contributed by atoms with E-state index in [1.807, 2.05) is 24.3 Å². The van der Waals surface area contributed by atoms with Gasteiger partial charge < -0.3 is 20.1 Å². The minimum absolute atomic E-state index is 0. The van der Waals surface area contributed by atoms with Crippen LogP contribution < -0.4 is 20.1 Å². The molecule has 0 saturated carbocycles. The molecule has 1 aliphatic rings. The molecule has 0 spiro atoms. The fourth-order valence-electron chi connectivity index (χ4n) is 3.53. The van der Waals surface area contributed by atoms with Crippen LogP contribution in [0.4, 0.5) is 4.39 Å². The molecule has 1 unspecified atom stereocenters. The van der Waals surface area contributed by atoms with Crippen LogP contribution in [0.1, 0.15) is 17.5 Å². The molecule has 0 aliphatic carbocycles. The lowest BCUT2D eigenvalue weighted by Crippen LogP contribution is -2.44. The lowest BCUT2D eigenvalue weighted by atomic mass is 10.2. The Kier molecular flexibility index (Phi) is 9.64. The normalized spacial score (nSPS) is 16.7. The van der Waals surface area contributed by atoms with Gasteiger partial charge in [-0.1, -0.05) is 12.1 Å². The number of likely N-dealkylation sites (tertiary alicyclic amines) is 1. The Bertz CT molecular complexity index is 827. The van der Waals surface area contributed by atoms with Crippen LogP contribution in [0, 0.1) is 5.82 Å². The number of guanidine groups is 1. The zero-order chi connectivity index (χ0) is 20.6. The maximum absolute atomic E-state index is 13.3. The van der Waals surface area contributed by atoms with E-state index >= 15 is 0 Å². The van der Waals surface area contributed by atoms with Gasteiger partial charge in [-0.2, -0.15) is 0 Å². The molecule has 2 N–H and O–H groups in total. The number of halogens is 2. The molecule has 3 rings (SSSR count). The predicted octanol–water partition coefficient (Wildman–Crippen LogP) is 3.40. The fourth-order valence-corrected chi connectivity index (χ4v) is 3.53. The summed E-state index contributed by atoms with van der Waals surface area (Å²) in [6.45, 7) is 3.27. The van der Waals surface area contributed by atoms with E-state index in [1.54, 1.807) is 27.3 Å². The molecular formula is C22H30FIN4O2. The average molecular weight is 528 g/mol. The van der Waals surface area contributed by atoms with Crippen molar-refractivity contribution in [2.75, 3.05) is 34.4 Å². The SMILES string of the molecule is CN=C(NCc1cccc(F)c1)NC1CCN(Cc2cc(OC)cc(OC)c2)C1.I. The van der Waals surface area contributed by atoms with Crippen LogP contribution in [-0.4, -0.2) is 51.3 Å². The monoisotopic (exact) mass is 528 g/mol. The first kappa shape index (κ1) is 24.2. The van der Waals surface area contributed by atoms with Gasteiger partial charge in [0.05, 0.1) is 14.2 Å². The molecule has 6 nitrogen and oxygen atoms in total. The lowest BCUT2D eigenvalue weighted by Gasteiger charge is -2.19. The number of aliphatic imine (C=N–C) groups is 1. The standard InChI is InChI=1S/C22H29FN4O2.HI/c1-24-22(25-13-16-5-4-6-18(23)9-16)26-19-7-8-27(15-19)14-17-10-20(28-2)12-21(11-17)29-3;/h4-6,9-12,19H,7-8,13-15H2,1-3H3,(H2,24,25,26);1H. The summed E-state index contributed by atoms with van der Waals surface area (Å²) < 4.78 is 24.0. The largest absolute Gasteiger partial charge is 0.497 e. The van der Waals surface area contributed by atoms with E-state index in [1.165, 1.54) is 12.1 Å². The average Bonchev–Trinajstić information content (AvgIpc) is 3.17. The summed E-state index contributed by atoms with van der Waals surface area (Å²) in [6, 6.07) is 12.9. The number of methoxy groups -OCH3 is 2. The van der Waals surface area contributed by atoms with E-state index in [2.05, 4.69) is 20.5 Å². The quantitative estimate of drug-likeness (QED) is 0.328. The highest BCUT2D eigenvalue weighted by Crippen LogP contribution is 2.24. The van der Waals surface area contributed by atoms with Gasteiger partial charge in [0.2, 0.25) is 0 Å². The highest BCUT2D eigenvalue weighted by atomic mass is 127. The minimum Gasteiger partial charge on any atom is -0.497 e. The van der Waals surface area contributed by atoms with Crippen molar-refractivity contribution < 1.29 is 13.9 Å². The molecule has 164 valence electrons. The van der Waals surface area contributed by atoms with Crippen LogP contribution in [0.15, 0.2) is 47.5 Å². The number of ether oxygens (including phenoxy) is 2. The van der Waals surface area contributed by atoms with Gasteiger partial charge in [-0.3, -0.25) is 9.89 Å². The van der Waals surface area contributed by atoms with Gasteiger partial charge in [0.25, 0.3) is 0 Å². The second-order valence-corrected chi connectivity index (χ2v) is 7.14. The highest BCUT2D eigenvalue weighted by molar-refractivity contribution is 14.0. The third-order valence-electron chi connectivity index (χ3n) is 5.00. The van der Waals surface area contributed by atoms with Crippen molar-refractivity contribution in [2.24, 2.45) is 4.99 Å². The summed E-state index contributed by atoms with van der Waals surface area (Å²) in [7, 11) is 5.07. The number of benzene rings is 2. The summed E-state index contributed by atoms with van der Waals surface area (Å²) in [5.74, 6) is 2.10. The molecular weight excluding hydrogens is 498 g/mol. The van der Waals surface area contributed by atoms with E-state index in [0.29, 0.717) is 12.6 Å². The molecule has 0 amide bonds. The van der Waals surface area contributed by atoms with E-state index in [-0.39, 0.29) is 29.8 Å². The smallest absolute Gasteiger partial charge is 0.191 e. The van der Waals surface area contributed by atoms with Crippen molar-refractivity contribution in [1.82, 2.24) is 15.5 Å². The van der Waals surface area contributed by atoms with E-state index in [9.17, 15) is 4.39 Å². The third-order valence-corrected chi connectivity index (χ3v) is 5.00. The maximum Gasteiger partial charge on any atom is 0.191 e. The van der Waals surface area contributed by atoms with Gasteiger partial charge in [0, 0.05) is 45.3 Å². The van der Waals surface area contributed by atoms with Gasteiger partial charge in [-0.15, -0.1) is 24.0 Å². The molecule has 2 aromatic rings. The minimum atomic E-state index is -0.229. The molecule has 1 heterocycles. The van der Waals surface area contributed by atoms with E-state index in [4.69, 9.17) is 9.47 Å². The number of hydrogen-bond acceptors (Lipinski definition) is 4. The van der Waals surface area contributed by atoms with Crippen molar-refractivity contribution >= 4 is 29.9 Å². The Hall–Kier alpha value is -2.07. The molecule has 1 fully saturated rings. The number of hydrogen-bond donors (Lipinski definition) is 2. The molecule has 1 atom stereocenters. The molecule has 30 heavy (non-hydrogen) atoms. The van der Waals surface area contributed by atoms with Gasteiger partial charge in [0.1, 0.15) is 17.3 Å². The van der Waals surface area contributed by atoms with Crippen LogP contribution in [0.5, 0.6) is 11.5 Å². The molecule has 8 heteroatoms. The summed E-state index contributed by atoms with van der Waals surface area (Å²) in [6.07, 6.45) is 1.03. The molecule has 0 bridgehead atoms. The number of nitrogens with zero attached hydrogens (tertiary/aromatic N) is 2. The Labute approximate surface area is 194 Å². The molecule has 1 saturated heterocycles. The summed E-state index contributed by atoms with van der Waals surface area (Å²) in [5.41, 5.74) is 2.04. The first-order valence-corrected chi connectivity index (χ1v) is 9.75. The van der Waals surface area contributed by atoms with Crippen LogP contribution in [0.3, 0.4) is 0 Å².